The van der Waals surface area contributed by atoms with E-state index in [-0.39, 0.29) is 17.4 Å². The molecule has 0 bridgehead atoms. The Bertz CT molecular complexity index is 382. The highest BCUT2D eigenvalue weighted by Crippen LogP contribution is 2.39. The molecule has 0 atom stereocenters. The average Bonchev–Trinajstić information content (AvgIpc) is 2.07. The number of benzene rings is 1. The fourth-order valence-corrected chi connectivity index (χ4v) is 1.16. The zero-order valence-electron chi connectivity index (χ0n) is 7.62. The molecule has 4 N–H and O–H groups in total. The van der Waals surface area contributed by atoms with Crippen LogP contribution >= 0.6 is 24.0 Å². The van der Waals surface area contributed by atoms with E-state index in [1.165, 1.54) is 6.07 Å². The topological polar surface area (TPSA) is 66.5 Å². The van der Waals surface area contributed by atoms with Crippen LogP contribution in [0.25, 0.3) is 0 Å². The molecule has 1 aromatic rings. The van der Waals surface area contributed by atoms with Gasteiger partial charge in [0.05, 0.1) is 0 Å². The molecule has 0 heterocycles. The average molecular weight is 278 g/mol. The number of halogens is 5. The summed E-state index contributed by atoms with van der Waals surface area (Å²) in [6, 6.07) is 3.06. The lowest BCUT2D eigenvalue weighted by molar-refractivity contribution is -0.357. The minimum absolute atomic E-state index is 0. The largest absolute Gasteiger partial charge is 0.447 e. The van der Waals surface area contributed by atoms with E-state index in [0.717, 1.165) is 12.1 Å². The van der Waals surface area contributed by atoms with E-state index in [0.29, 0.717) is 0 Å². The summed E-state index contributed by atoms with van der Waals surface area (Å²) >= 11 is 5.43. The molecule has 92 valence electrons. The van der Waals surface area contributed by atoms with Gasteiger partial charge in [0.15, 0.2) is 0 Å². The van der Waals surface area contributed by atoms with Crippen LogP contribution < -0.4 is 5.73 Å². The Morgan fingerprint density at radius 2 is 1.69 bits per heavy atom. The van der Waals surface area contributed by atoms with Gasteiger partial charge in [0, 0.05) is 16.3 Å². The number of hydrogen-bond donors (Lipinski definition) is 3. The minimum atomic E-state index is -5.24. The maximum absolute atomic E-state index is 12.2. The van der Waals surface area contributed by atoms with Gasteiger partial charge in [0.2, 0.25) is 0 Å². The highest BCUT2D eigenvalue weighted by molar-refractivity contribution is 6.30. The van der Waals surface area contributed by atoms with Gasteiger partial charge in [-0.05, 0) is 18.2 Å². The van der Waals surface area contributed by atoms with Gasteiger partial charge < -0.3 is 15.9 Å². The first-order chi connectivity index (χ1) is 6.66. The van der Waals surface area contributed by atoms with E-state index >= 15 is 0 Å². The smallest absolute Gasteiger partial charge is 0.398 e. The van der Waals surface area contributed by atoms with Gasteiger partial charge in [0.1, 0.15) is 0 Å². The predicted octanol–water partition coefficient (Wildman–Crippen LogP) is 2.04. The van der Waals surface area contributed by atoms with Gasteiger partial charge in [-0.15, -0.1) is 12.4 Å². The second-order valence-corrected chi connectivity index (χ2v) is 3.34. The number of rotatable bonds is 1. The van der Waals surface area contributed by atoms with E-state index in [4.69, 9.17) is 27.5 Å². The summed E-state index contributed by atoms with van der Waals surface area (Å²) in [4.78, 5) is 0. The molecular weight excluding hydrogens is 270 g/mol. The molecule has 0 unspecified atom stereocenters. The SMILES string of the molecule is Cl.Nc1ccc(Cl)cc1C(O)(O)C(F)(F)F. The molecule has 0 aliphatic rings. The molecule has 0 saturated heterocycles. The molecule has 0 spiro atoms. The standard InChI is InChI=1S/C8H7ClF3NO2.ClH/c9-4-1-2-6(13)5(3-4)7(14,15)8(10,11)12;/h1-3,14-15H,13H2;1H. The molecule has 0 amide bonds. The van der Waals surface area contributed by atoms with Crippen LogP contribution in [-0.4, -0.2) is 16.4 Å². The molecule has 0 aliphatic heterocycles. The fourth-order valence-electron chi connectivity index (χ4n) is 0.983. The molecule has 1 aromatic carbocycles. The van der Waals surface area contributed by atoms with Crippen LogP contribution in [0.4, 0.5) is 18.9 Å². The summed E-state index contributed by atoms with van der Waals surface area (Å²) in [5, 5.41) is 17.8. The van der Waals surface area contributed by atoms with Crippen LogP contribution in [0.15, 0.2) is 18.2 Å². The van der Waals surface area contributed by atoms with Crippen molar-refractivity contribution >= 4 is 29.7 Å². The van der Waals surface area contributed by atoms with Crippen molar-refractivity contribution in [2.75, 3.05) is 5.73 Å². The lowest BCUT2D eigenvalue weighted by Crippen LogP contribution is -2.42. The third-order valence-electron chi connectivity index (χ3n) is 1.79. The highest BCUT2D eigenvalue weighted by Gasteiger charge is 2.55. The third kappa shape index (κ3) is 2.70. The van der Waals surface area contributed by atoms with E-state index in [2.05, 4.69) is 0 Å². The quantitative estimate of drug-likeness (QED) is 0.544. The first kappa shape index (κ1) is 15.3. The van der Waals surface area contributed by atoms with Gasteiger partial charge in [0.25, 0.3) is 5.79 Å². The van der Waals surface area contributed by atoms with Crippen LogP contribution in [0.2, 0.25) is 5.02 Å². The Kier molecular flexibility index (Phi) is 4.46. The molecule has 0 radical (unpaired) electrons. The lowest BCUT2D eigenvalue weighted by atomic mass is 10.0. The van der Waals surface area contributed by atoms with Gasteiger partial charge in [-0.2, -0.15) is 13.2 Å². The van der Waals surface area contributed by atoms with Gasteiger partial charge >= 0.3 is 6.18 Å². The van der Waals surface area contributed by atoms with Crippen LogP contribution in [0.3, 0.4) is 0 Å². The highest BCUT2D eigenvalue weighted by atomic mass is 35.5. The fraction of sp³-hybridized carbons (Fsp3) is 0.250. The van der Waals surface area contributed by atoms with Crippen LogP contribution in [0.1, 0.15) is 5.56 Å². The third-order valence-corrected chi connectivity index (χ3v) is 2.02. The summed E-state index contributed by atoms with van der Waals surface area (Å²) in [6.45, 7) is 0. The monoisotopic (exact) mass is 277 g/mol. The number of anilines is 1. The second kappa shape index (κ2) is 4.67. The van der Waals surface area contributed by atoms with Crippen molar-refractivity contribution in [2.45, 2.75) is 12.0 Å². The van der Waals surface area contributed by atoms with Gasteiger partial charge in [-0.1, -0.05) is 11.6 Å². The van der Waals surface area contributed by atoms with Crippen molar-refractivity contribution in [2.24, 2.45) is 0 Å². The van der Waals surface area contributed by atoms with E-state index < -0.39 is 23.2 Å². The summed E-state index contributed by atoms with van der Waals surface area (Å²) in [5.74, 6) is -4.00. The summed E-state index contributed by atoms with van der Waals surface area (Å²) < 4.78 is 36.7. The second-order valence-electron chi connectivity index (χ2n) is 2.90. The molecule has 16 heavy (non-hydrogen) atoms. The number of nitrogen functional groups attached to an aromatic ring is 1. The Labute approximate surface area is 100 Å². The van der Waals surface area contributed by atoms with Crippen LogP contribution in [0.5, 0.6) is 0 Å². The van der Waals surface area contributed by atoms with Gasteiger partial charge in [-0.3, -0.25) is 0 Å². The molecule has 0 aliphatic carbocycles. The zero-order chi connectivity index (χ0) is 11.9. The number of alkyl halides is 3. The van der Waals surface area contributed by atoms with Crippen molar-refractivity contribution in [3.63, 3.8) is 0 Å². The Morgan fingerprint density at radius 1 is 1.19 bits per heavy atom. The van der Waals surface area contributed by atoms with Crippen molar-refractivity contribution in [3.8, 4) is 0 Å². The van der Waals surface area contributed by atoms with Crippen molar-refractivity contribution < 1.29 is 23.4 Å². The molecule has 0 fully saturated rings. The zero-order valence-corrected chi connectivity index (χ0v) is 9.20. The summed E-state index contributed by atoms with van der Waals surface area (Å²) in [6.07, 6.45) is -5.24. The first-order valence-corrected chi connectivity index (χ1v) is 4.11. The predicted molar refractivity (Wildman–Crippen MR) is 55.3 cm³/mol. The molecule has 0 aromatic heterocycles. The van der Waals surface area contributed by atoms with Crippen molar-refractivity contribution in [3.05, 3.63) is 28.8 Å². The normalized spacial score (nSPS) is 12.1. The molecule has 1 rings (SSSR count). The van der Waals surface area contributed by atoms with Crippen LogP contribution in [-0.2, 0) is 5.79 Å². The Morgan fingerprint density at radius 3 is 2.12 bits per heavy atom. The van der Waals surface area contributed by atoms with E-state index in [9.17, 15) is 13.2 Å². The number of hydrogen-bond acceptors (Lipinski definition) is 3. The lowest BCUT2D eigenvalue weighted by Gasteiger charge is -2.26. The number of nitrogens with two attached hydrogens (primary N) is 1. The van der Waals surface area contributed by atoms with E-state index in [1.807, 2.05) is 0 Å². The minimum Gasteiger partial charge on any atom is -0.398 e. The number of aliphatic hydroxyl groups is 2. The van der Waals surface area contributed by atoms with Crippen molar-refractivity contribution in [1.29, 1.82) is 0 Å². The summed E-state index contributed by atoms with van der Waals surface area (Å²) in [5.41, 5.74) is 3.91. The van der Waals surface area contributed by atoms with Crippen molar-refractivity contribution in [1.82, 2.24) is 0 Å². The summed E-state index contributed by atoms with van der Waals surface area (Å²) in [7, 11) is 0. The first-order valence-electron chi connectivity index (χ1n) is 3.73. The molecule has 0 saturated carbocycles. The van der Waals surface area contributed by atoms with Gasteiger partial charge in [-0.25, -0.2) is 0 Å². The molecule has 3 nitrogen and oxygen atoms in total. The maximum Gasteiger partial charge on any atom is 0.447 e. The molecule has 8 heteroatoms. The maximum atomic E-state index is 12.2. The van der Waals surface area contributed by atoms with E-state index in [1.54, 1.807) is 0 Å². The van der Waals surface area contributed by atoms with Crippen LogP contribution in [0, 0.1) is 0 Å². The molecular formula is C8H8Cl2F3NO2. The Hall–Kier alpha value is -0.690. The Balaban J connectivity index is 0.00000225.